The van der Waals surface area contributed by atoms with Gasteiger partial charge in [-0.05, 0) is 17.7 Å². The van der Waals surface area contributed by atoms with Crippen molar-refractivity contribution in [1.82, 2.24) is 5.32 Å². The Bertz CT molecular complexity index is 450. The summed E-state index contributed by atoms with van der Waals surface area (Å²) in [7, 11) is 1.35. The van der Waals surface area contributed by atoms with Gasteiger partial charge >= 0.3 is 6.18 Å². The molecule has 0 heterocycles. The Hall–Kier alpha value is -1.14. The Balaban J connectivity index is 2.90. The van der Waals surface area contributed by atoms with Gasteiger partial charge in [-0.3, -0.25) is 0 Å². The van der Waals surface area contributed by atoms with Gasteiger partial charge in [-0.2, -0.15) is 13.2 Å². The molecule has 20 heavy (non-hydrogen) atoms. The predicted molar refractivity (Wildman–Crippen MR) is 71.5 cm³/mol. The maximum atomic E-state index is 12.2. The summed E-state index contributed by atoms with van der Waals surface area (Å²) >= 11 is 5.96. The fourth-order valence-electron chi connectivity index (χ4n) is 1.49. The molecule has 0 saturated carbocycles. The highest BCUT2D eigenvalue weighted by molar-refractivity contribution is 6.32. The van der Waals surface area contributed by atoms with Crippen molar-refractivity contribution in [1.29, 1.82) is 0 Å². The van der Waals surface area contributed by atoms with Gasteiger partial charge in [0.25, 0.3) is 0 Å². The van der Waals surface area contributed by atoms with Crippen molar-refractivity contribution < 1.29 is 22.6 Å². The number of ether oxygens (including phenoxy) is 2. The van der Waals surface area contributed by atoms with Crippen molar-refractivity contribution in [2.45, 2.75) is 32.6 Å². The highest BCUT2D eigenvalue weighted by atomic mass is 35.5. The average molecular weight is 312 g/mol. The van der Waals surface area contributed by atoms with Crippen LogP contribution in [0.5, 0.6) is 11.5 Å². The molecule has 7 heteroatoms. The van der Waals surface area contributed by atoms with E-state index < -0.39 is 12.8 Å². The Morgan fingerprint density at radius 3 is 2.45 bits per heavy atom. The number of hydrogen-bond donors (Lipinski definition) is 1. The molecule has 0 bridgehead atoms. The molecular weight excluding hydrogens is 295 g/mol. The van der Waals surface area contributed by atoms with Gasteiger partial charge in [-0.25, -0.2) is 0 Å². The zero-order valence-corrected chi connectivity index (χ0v) is 12.2. The second-order valence-electron chi connectivity index (χ2n) is 4.55. The van der Waals surface area contributed by atoms with Crippen LogP contribution in [0.4, 0.5) is 13.2 Å². The summed E-state index contributed by atoms with van der Waals surface area (Å²) in [5, 5.41) is 3.27. The van der Waals surface area contributed by atoms with E-state index in [9.17, 15) is 13.2 Å². The summed E-state index contributed by atoms with van der Waals surface area (Å²) in [5.41, 5.74) is 0.805. The Kier molecular flexibility index (Phi) is 5.95. The monoisotopic (exact) mass is 311 g/mol. The zero-order valence-electron chi connectivity index (χ0n) is 11.5. The van der Waals surface area contributed by atoms with Crippen LogP contribution in [-0.2, 0) is 6.54 Å². The molecule has 0 saturated heterocycles. The molecule has 0 aromatic heterocycles. The number of rotatable bonds is 6. The lowest BCUT2D eigenvalue weighted by Crippen LogP contribution is -2.22. The molecule has 0 atom stereocenters. The van der Waals surface area contributed by atoms with Crippen molar-refractivity contribution >= 4 is 11.6 Å². The Labute approximate surface area is 121 Å². The van der Waals surface area contributed by atoms with Gasteiger partial charge in [0.15, 0.2) is 18.1 Å². The summed E-state index contributed by atoms with van der Waals surface area (Å²) in [4.78, 5) is 0. The summed E-state index contributed by atoms with van der Waals surface area (Å²) in [6.07, 6.45) is -4.42. The number of alkyl halides is 3. The van der Waals surface area contributed by atoms with Crippen LogP contribution >= 0.6 is 11.6 Å². The van der Waals surface area contributed by atoms with Crippen molar-refractivity contribution in [2.24, 2.45) is 0 Å². The van der Waals surface area contributed by atoms with Gasteiger partial charge < -0.3 is 14.8 Å². The van der Waals surface area contributed by atoms with Gasteiger partial charge in [0.1, 0.15) is 0 Å². The predicted octanol–water partition coefficient (Wildman–Crippen LogP) is 3.79. The first-order chi connectivity index (χ1) is 9.23. The molecule has 0 spiro atoms. The van der Waals surface area contributed by atoms with Crippen LogP contribution in [0.25, 0.3) is 0 Å². The lowest BCUT2D eigenvalue weighted by molar-refractivity contribution is -0.153. The largest absolute Gasteiger partial charge is 0.493 e. The van der Waals surface area contributed by atoms with E-state index in [0.29, 0.717) is 6.54 Å². The van der Waals surface area contributed by atoms with E-state index in [-0.39, 0.29) is 22.6 Å². The molecule has 1 aromatic rings. The van der Waals surface area contributed by atoms with Crippen molar-refractivity contribution in [3.8, 4) is 11.5 Å². The SMILES string of the molecule is COc1cc(CNC(C)C)cc(Cl)c1OCC(F)(F)F. The third-order valence-electron chi connectivity index (χ3n) is 2.38. The molecule has 0 aliphatic rings. The molecule has 114 valence electrons. The maximum Gasteiger partial charge on any atom is 0.422 e. The third-order valence-corrected chi connectivity index (χ3v) is 2.66. The van der Waals surface area contributed by atoms with E-state index in [1.54, 1.807) is 12.1 Å². The number of methoxy groups -OCH3 is 1. The molecule has 1 rings (SSSR count). The molecule has 3 nitrogen and oxygen atoms in total. The lowest BCUT2D eigenvalue weighted by Gasteiger charge is -2.16. The first kappa shape index (κ1) is 16.9. The van der Waals surface area contributed by atoms with E-state index in [1.807, 2.05) is 13.8 Å². The smallest absolute Gasteiger partial charge is 0.422 e. The fourth-order valence-corrected chi connectivity index (χ4v) is 1.78. The van der Waals surface area contributed by atoms with Gasteiger partial charge in [0.05, 0.1) is 12.1 Å². The second kappa shape index (κ2) is 7.04. The summed E-state index contributed by atoms with van der Waals surface area (Å²) in [6.45, 7) is 3.10. The number of halogens is 4. The van der Waals surface area contributed by atoms with Crippen molar-refractivity contribution in [3.05, 3.63) is 22.7 Å². The molecule has 0 aliphatic heterocycles. The molecular formula is C13H17ClF3NO2. The first-order valence-electron chi connectivity index (χ1n) is 6.02. The van der Waals surface area contributed by atoms with Crippen molar-refractivity contribution in [2.75, 3.05) is 13.7 Å². The zero-order chi connectivity index (χ0) is 15.3. The number of nitrogens with one attached hydrogen (secondary N) is 1. The second-order valence-corrected chi connectivity index (χ2v) is 4.96. The van der Waals surface area contributed by atoms with Crippen LogP contribution in [0.2, 0.25) is 5.02 Å². The third kappa shape index (κ3) is 5.46. The Morgan fingerprint density at radius 2 is 1.95 bits per heavy atom. The van der Waals surface area contributed by atoms with Crippen LogP contribution < -0.4 is 14.8 Å². The lowest BCUT2D eigenvalue weighted by atomic mass is 10.2. The average Bonchev–Trinajstić information content (AvgIpc) is 2.33. The minimum atomic E-state index is -4.42. The maximum absolute atomic E-state index is 12.2. The summed E-state index contributed by atoms with van der Waals surface area (Å²) in [5.74, 6) is 0.0853. The van der Waals surface area contributed by atoms with E-state index in [0.717, 1.165) is 5.56 Å². The summed E-state index contributed by atoms with van der Waals surface area (Å²) < 4.78 is 46.3. The highest BCUT2D eigenvalue weighted by Crippen LogP contribution is 2.37. The van der Waals surface area contributed by atoms with Crippen LogP contribution in [0.1, 0.15) is 19.4 Å². The topological polar surface area (TPSA) is 30.5 Å². The van der Waals surface area contributed by atoms with E-state index in [1.165, 1.54) is 7.11 Å². The normalized spacial score (nSPS) is 11.8. The Morgan fingerprint density at radius 1 is 1.30 bits per heavy atom. The number of hydrogen-bond acceptors (Lipinski definition) is 3. The summed E-state index contributed by atoms with van der Waals surface area (Å²) in [6, 6.07) is 3.44. The molecule has 0 aliphatic carbocycles. The van der Waals surface area contributed by atoms with Crippen LogP contribution in [0.3, 0.4) is 0 Å². The van der Waals surface area contributed by atoms with E-state index >= 15 is 0 Å². The standard InChI is InChI=1S/C13H17ClF3NO2/c1-8(2)18-6-9-4-10(14)12(11(5-9)19-3)20-7-13(15,16)17/h4-5,8,18H,6-7H2,1-3H3. The van der Waals surface area contributed by atoms with Gasteiger partial charge in [-0.15, -0.1) is 0 Å². The fraction of sp³-hybridized carbons (Fsp3) is 0.538. The van der Waals surface area contributed by atoms with Gasteiger partial charge in [-0.1, -0.05) is 25.4 Å². The highest BCUT2D eigenvalue weighted by Gasteiger charge is 2.29. The molecule has 0 amide bonds. The minimum absolute atomic E-state index is 0.0918. The first-order valence-corrected chi connectivity index (χ1v) is 6.40. The van der Waals surface area contributed by atoms with E-state index in [2.05, 4.69) is 5.32 Å². The van der Waals surface area contributed by atoms with Crippen molar-refractivity contribution in [3.63, 3.8) is 0 Å². The van der Waals surface area contributed by atoms with Gasteiger partial charge in [0.2, 0.25) is 0 Å². The quantitative estimate of drug-likeness (QED) is 0.867. The van der Waals surface area contributed by atoms with Crippen LogP contribution in [0, 0.1) is 0 Å². The number of benzene rings is 1. The van der Waals surface area contributed by atoms with Crippen LogP contribution in [0.15, 0.2) is 12.1 Å². The molecule has 0 unspecified atom stereocenters. The molecule has 0 fully saturated rings. The molecule has 1 N–H and O–H groups in total. The minimum Gasteiger partial charge on any atom is -0.493 e. The van der Waals surface area contributed by atoms with Crippen LogP contribution in [-0.4, -0.2) is 25.9 Å². The molecule has 1 aromatic carbocycles. The van der Waals surface area contributed by atoms with E-state index in [4.69, 9.17) is 21.1 Å². The van der Waals surface area contributed by atoms with Gasteiger partial charge in [0, 0.05) is 12.6 Å². The molecule has 0 radical (unpaired) electrons.